The standard InChI is InChI=1S/C14H13N3O4S/c1-9-5-6-15-13(7-9)16-22(19,20)10-3-4-11-12(8-10)21-14(18)17(11)2/h3-8H,1-2H3,(H,15,16). The molecule has 3 aromatic rings. The number of nitrogens with zero attached hydrogens (tertiary/aromatic N) is 2. The Balaban J connectivity index is 2.03. The van der Waals surface area contributed by atoms with E-state index in [1.165, 1.54) is 29.0 Å². The Morgan fingerprint density at radius 1 is 1.23 bits per heavy atom. The second kappa shape index (κ2) is 4.99. The smallest absolute Gasteiger partial charge is 0.408 e. The van der Waals surface area contributed by atoms with Crippen molar-refractivity contribution >= 4 is 26.9 Å². The first kappa shape index (κ1) is 14.3. The van der Waals surface area contributed by atoms with Crippen LogP contribution in [0, 0.1) is 6.92 Å². The van der Waals surface area contributed by atoms with Gasteiger partial charge in [0.25, 0.3) is 10.0 Å². The average Bonchev–Trinajstić information content (AvgIpc) is 2.73. The summed E-state index contributed by atoms with van der Waals surface area (Å²) in [6.45, 7) is 1.84. The van der Waals surface area contributed by atoms with Crippen molar-refractivity contribution in [2.45, 2.75) is 11.8 Å². The lowest BCUT2D eigenvalue weighted by Crippen LogP contribution is -2.14. The summed E-state index contributed by atoms with van der Waals surface area (Å²) in [7, 11) is -2.26. The van der Waals surface area contributed by atoms with E-state index in [1.54, 1.807) is 19.2 Å². The van der Waals surface area contributed by atoms with Crippen molar-refractivity contribution in [2.75, 3.05) is 4.72 Å². The monoisotopic (exact) mass is 319 g/mol. The molecule has 0 unspecified atom stereocenters. The Morgan fingerprint density at radius 2 is 2.00 bits per heavy atom. The van der Waals surface area contributed by atoms with Crippen molar-refractivity contribution in [1.82, 2.24) is 9.55 Å². The summed E-state index contributed by atoms with van der Waals surface area (Å²) in [6.07, 6.45) is 1.52. The van der Waals surface area contributed by atoms with Gasteiger partial charge in [-0.2, -0.15) is 0 Å². The molecule has 1 aromatic carbocycles. The number of aromatic nitrogens is 2. The van der Waals surface area contributed by atoms with Crippen molar-refractivity contribution in [3.8, 4) is 0 Å². The van der Waals surface area contributed by atoms with Crippen LogP contribution in [0.25, 0.3) is 11.1 Å². The van der Waals surface area contributed by atoms with E-state index in [2.05, 4.69) is 9.71 Å². The van der Waals surface area contributed by atoms with Crippen LogP contribution in [0.15, 0.2) is 50.6 Å². The Bertz CT molecular complexity index is 1020. The van der Waals surface area contributed by atoms with Crippen molar-refractivity contribution in [3.63, 3.8) is 0 Å². The van der Waals surface area contributed by atoms with Crippen LogP contribution in [-0.4, -0.2) is 18.0 Å². The van der Waals surface area contributed by atoms with Gasteiger partial charge in [0, 0.05) is 19.3 Å². The zero-order chi connectivity index (χ0) is 15.9. The fourth-order valence-electron chi connectivity index (χ4n) is 2.07. The van der Waals surface area contributed by atoms with E-state index in [0.717, 1.165) is 5.56 Å². The number of hydrogen-bond donors (Lipinski definition) is 1. The lowest BCUT2D eigenvalue weighted by molar-refractivity contribution is 0.527. The first-order valence-electron chi connectivity index (χ1n) is 6.42. The maximum Gasteiger partial charge on any atom is 0.419 e. The highest BCUT2D eigenvalue weighted by atomic mass is 32.2. The highest BCUT2D eigenvalue weighted by Gasteiger charge is 2.17. The molecule has 2 heterocycles. The molecule has 7 nitrogen and oxygen atoms in total. The number of oxazole rings is 1. The van der Waals surface area contributed by atoms with E-state index in [0.29, 0.717) is 5.52 Å². The molecule has 0 saturated heterocycles. The summed E-state index contributed by atoms with van der Waals surface area (Å²) in [5, 5.41) is 0. The molecule has 0 atom stereocenters. The first-order chi connectivity index (χ1) is 10.4. The Kier molecular flexibility index (Phi) is 3.25. The molecular weight excluding hydrogens is 306 g/mol. The summed E-state index contributed by atoms with van der Waals surface area (Å²) in [4.78, 5) is 15.4. The van der Waals surface area contributed by atoms with Crippen LogP contribution < -0.4 is 10.5 Å². The van der Waals surface area contributed by atoms with E-state index in [-0.39, 0.29) is 16.3 Å². The maximum atomic E-state index is 12.4. The van der Waals surface area contributed by atoms with Crippen LogP contribution in [0.2, 0.25) is 0 Å². The second-order valence-electron chi connectivity index (χ2n) is 4.88. The molecule has 2 aromatic heterocycles. The zero-order valence-corrected chi connectivity index (χ0v) is 12.7. The minimum Gasteiger partial charge on any atom is -0.408 e. The third-order valence-electron chi connectivity index (χ3n) is 3.23. The topological polar surface area (TPSA) is 94.2 Å². The molecule has 0 saturated carbocycles. The van der Waals surface area contributed by atoms with E-state index < -0.39 is 15.8 Å². The number of aryl methyl sites for hydroxylation is 2. The summed E-state index contributed by atoms with van der Waals surface area (Å²) in [5.74, 6) is -0.313. The van der Waals surface area contributed by atoms with Crippen molar-refractivity contribution < 1.29 is 12.8 Å². The molecule has 0 fully saturated rings. The number of sulfonamides is 1. The third kappa shape index (κ3) is 2.48. The summed E-state index contributed by atoms with van der Waals surface area (Å²) >= 11 is 0. The lowest BCUT2D eigenvalue weighted by Gasteiger charge is -2.07. The van der Waals surface area contributed by atoms with E-state index in [4.69, 9.17) is 4.42 Å². The molecule has 22 heavy (non-hydrogen) atoms. The lowest BCUT2D eigenvalue weighted by atomic mass is 10.3. The molecule has 1 N–H and O–H groups in total. The molecule has 0 spiro atoms. The van der Waals surface area contributed by atoms with E-state index in [9.17, 15) is 13.2 Å². The highest BCUT2D eigenvalue weighted by molar-refractivity contribution is 7.92. The maximum absolute atomic E-state index is 12.4. The molecule has 0 amide bonds. The van der Waals surface area contributed by atoms with Gasteiger partial charge in [-0.25, -0.2) is 18.2 Å². The summed E-state index contributed by atoms with van der Waals surface area (Å²) < 4.78 is 33.4. The SMILES string of the molecule is Cc1ccnc(NS(=O)(=O)c2ccc3c(c2)oc(=O)n3C)c1. The van der Waals surface area contributed by atoms with E-state index in [1.807, 2.05) is 6.92 Å². The molecule has 8 heteroatoms. The van der Waals surface area contributed by atoms with Crippen molar-refractivity contribution in [1.29, 1.82) is 0 Å². The summed E-state index contributed by atoms with van der Waals surface area (Å²) in [6, 6.07) is 7.64. The van der Waals surface area contributed by atoms with Gasteiger partial charge >= 0.3 is 5.76 Å². The molecule has 0 aliphatic heterocycles. The number of pyridine rings is 1. The number of rotatable bonds is 3. The van der Waals surface area contributed by atoms with Crippen LogP contribution in [0.3, 0.4) is 0 Å². The normalized spacial score (nSPS) is 11.7. The predicted molar refractivity (Wildman–Crippen MR) is 81.2 cm³/mol. The van der Waals surface area contributed by atoms with Gasteiger partial charge in [-0.05, 0) is 36.8 Å². The minimum atomic E-state index is -3.81. The predicted octanol–water partition coefficient (Wildman–Crippen LogP) is 1.64. The van der Waals surface area contributed by atoms with Crippen LogP contribution in [0.5, 0.6) is 0 Å². The molecule has 3 rings (SSSR count). The second-order valence-corrected chi connectivity index (χ2v) is 6.56. The summed E-state index contributed by atoms with van der Waals surface area (Å²) in [5.41, 5.74) is 1.63. The zero-order valence-electron chi connectivity index (χ0n) is 11.9. The first-order valence-corrected chi connectivity index (χ1v) is 7.90. The minimum absolute atomic E-state index is 0.00217. The van der Waals surface area contributed by atoms with Gasteiger partial charge in [-0.15, -0.1) is 0 Å². The Hall–Kier alpha value is -2.61. The van der Waals surface area contributed by atoms with Gasteiger partial charge in [0.15, 0.2) is 5.58 Å². The largest absolute Gasteiger partial charge is 0.419 e. The van der Waals surface area contributed by atoms with Crippen LogP contribution in [-0.2, 0) is 17.1 Å². The fourth-order valence-corrected chi connectivity index (χ4v) is 3.08. The number of anilines is 1. The van der Waals surface area contributed by atoms with Gasteiger partial charge in [-0.1, -0.05) is 0 Å². The van der Waals surface area contributed by atoms with Gasteiger partial charge in [0.1, 0.15) is 5.82 Å². The molecule has 0 aliphatic carbocycles. The van der Waals surface area contributed by atoms with Crippen LogP contribution >= 0.6 is 0 Å². The number of fused-ring (bicyclic) bond motifs is 1. The van der Waals surface area contributed by atoms with E-state index >= 15 is 0 Å². The molecule has 114 valence electrons. The Labute approximate surface area is 126 Å². The number of hydrogen-bond acceptors (Lipinski definition) is 5. The number of nitrogens with one attached hydrogen (secondary N) is 1. The highest BCUT2D eigenvalue weighted by Crippen LogP contribution is 2.20. The van der Waals surface area contributed by atoms with Gasteiger partial charge in [0.2, 0.25) is 0 Å². The Morgan fingerprint density at radius 3 is 2.73 bits per heavy atom. The van der Waals surface area contributed by atoms with Crippen molar-refractivity contribution in [2.24, 2.45) is 7.05 Å². The van der Waals surface area contributed by atoms with Gasteiger partial charge in [-0.3, -0.25) is 9.29 Å². The average molecular weight is 319 g/mol. The van der Waals surface area contributed by atoms with Crippen LogP contribution in [0.1, 0.15) is 5.56 Å². The fraction of sp³-hybridized carbons (Fsp3) is 0.143. The molecule has 0 bridgehead atoms. The molecule has 0 radical (unpaired) electrons. The van der Waals surface area contributed by atoms with Gasteiger partial charge in [0.05, 0.1) is 10.4 Å². The molecular formula is C14H13N3O4S. The van der Waals surface area contributed by atoms with Gasteiger partial charge < -0.3 is 4.42 Å². The third-order valence-corrected chi connectivity index (χ3v) is 4.58. The number of benzene rings is 1. The van der Waals surface area contributed by atoms with Crippen LogP contribution in [0.4, 0.5) is 5.82 Å². The molecule has 0 aliphatic rings. The van der Waals surface area contributed by atoms with Crippen molar-refractivity contribution in [3.05, 3.63) is 52.6 Å². The quantitative estimate of drug-likeness (QED) is 0.792.